The fourth-order valence-corrected chi connectivity index (χ4v) is 6.59. The van der Waals surface area contributed by atoms with Crippen molar-refractivity contribution in [3.8, 4) is 11.4 Å². The molecule has 7 aromatic rings. The van der Waals surface area contributed by atoms with Gasteiger partial charge in [-0.2, -0.15) is 0 Å². The second-order valence-corrected chi connectivity index (χ2v) is 10.3. The van der Waals surface area contributed by atoms with E-state index < -0.39 is 0 Å². The summed E-state index contributed by atoms with van der Waals surface area (Å²) >= 11 is 0. The van der Waals surface area contributed by atoms with E-state index >= 15 is 0 Å². The van der Waals surface area contributed by atoms with E-state index in [1.807, 2.05) is 0 Å². The van der Waals surface area contributed by atoms with E-state index in [2.05, 4.69) is 106 Å². The highest BCUT2D eigenvalue weighted by Crippen LogP contribution is 2.45. The second-order valence-electron chi connectivity index (χ2n) is 10.3. The van der Waals surface area contributed by atoms with Crippen LogP contribution in [0, 0.1) is 0 Å². The topological polar surface area (TPSA) is 36.1 Å². The Labute approximate surface area is 218 Å². The minimum absolute atomic E-state index is 0.878. The first-order valence-electron chi connectivity index (χ1n) is 13.4. The molecule has 4 nitrogen and oxygen atoms in total. The third kappa shape index (κ3) is 2.59. The maximum absolute atomic E-state index is 6.61. The number of allylic oxidation sites excluding steroid dienone is 2. The highest BCUT2D eigenvalue weighted by Gasteiger charge is 2.29. The second kappa shape index (κ2) is 7.42. The number of aryl methyl sites for hydroxylation is 2. The molecule has 4 heterocycles. The highest BCUT2D eigenvalue weighted by molar-refractivity contribution is 6.15. The van der Waals surface area contributed by atoms with Gasteiger partial charge in [0.05, 0.1) is 27.5 Å². The molecule has 0 atom stereocenters. The van der Waals surface area contributed by atoms with Crippen molar-refractivity contribution in [2.45, 2.75) is 25.7 Å². The van der Waals surface area contributed by atoms with E-state index in [-0.39, 0.29) is 0 Å². The van der Waals surface area contributed by atoms with Crippen LogP contribution in [-0.4, -0.2) is 9.13 Å². The quantitative estimate of drug-likeness (QED) is 0.241. The predicted molar refractivity (Wildman–Crippen MR) is 154 cm³/mol. The average Bonchev–Trinajstić information content (AvgIpc) is 3.69. The lowest BCUT2D eigenvalue weighted by Gasteiger charge is -2.09. The van der Waals surface area contributed by atoms with E-state index in [1.165, 1.54) is 43.7 Å². The van der Waals surface area contributed by atoms with Crippen LogP contribution in [0.4, 0.5) is 0 Å². The van der Waals surface area contributed by atoms with Crippen LogP contribution in [0.1, 0.15) is 35.5 Å². The summed E-state index contributed by atoms with van der Waals surface area (Å²) in [6.07, 6.45) is 12.9. The number of benzene rings is 3. The zero-order valence-corrected chi connectivity index (χ0v) is 20.8. The van der Waals surface area contributed by atoms with Gasteiger partial charge in [-0.3, -0.25) is 0 Å². The zero-order valence-electron chi connectivity index (χ0n) is 20.8. The molecule has 9 rings (SSSR count). The molecule has 0 amide bonds. The smallest absolute Gasteiger partial charge is 0.215 e. The minimum atomic E-state index is 0.878. The first-order chi connectivity index (χ1) is 18.9. The number of para-hydroxylation sites is 2. The maximum Gasteiger partial charge on any atom is 0.215 e. The van der Waals surface area contributed by atoms with Crippen molar-refractivity contribution < 1.29 is 8.83 Å². The van der Waals surface area contributed by atoms with Crippen molar-refractivity contribution in [2.75, 3.05) is 0 Å². The summed E-state index contributed by atoms with van der Waals surface area (Å²) in [6, 6.07) is 26.0. The number of rotatable bonds is 2. The van der Waals surface area contributed by atoms with Crippen LogP contribution in [0.5, 0.6) is 0 Å². The third-order valence-electron chi connectivity index (χ3n) is 8.24. The van der Waals surface area contributed by atoms with Crippen molar-refractivity contribution in [3.63, 3.8) is 0 Å². The monoisotopic (exact) mass is 492 g/mol. The predicted octanol–water partition coefficient (Wildman–Crippen LogP) is 8.99. The van der Waals surface area contributed by atoms with Gasteiger partial charge in [0.2, 0.25) is 11.4 Å². The fraction of sp³-hybridized carbons (Fsp3) is 0.118. The van der Waals surface area contributed by atoms with Crippen molar-refractivity contribution in [1.29, 1.82) is 0 Å². The van der Waals surface area contributed by atoms with Gasteiger partial charge >= 0.3 is 0 Å². The van der Waals surface area contributed by atoms with Crippen molar-refractivity contribution >= 4 is 56.2 Å². The fourth-order valence-electron chi connectivity index (χ4n) is 6.59. The summed E-state index contributed by atoms with van der Waals surface area (Å²) in [7, 11) is 0. The Balaban J connectivity index is 1.39. The molecule has 0 unspecified atom stereocenters. The van der Waals surface area contributed by atoms with Crippen molar-refractivity contribution in [2.24, 2.45) is 0 Å². The van der Waals surface area contributed by atoms with Gasteiger partial charge in [0.25, 0.3) is 0 Å². The molecule has 0 fully saturated rings. The number of furan rings is 2. The Bertz CT molecular complexity index is 2050. The maximum atomic E-state index is 6.61. The Morgan fingerprint density at radius 3 is 1.89 bits per heavy atom. The van der Waals surface area contributed by atoms with E-state index in [0.717, 1.165) is 60.0 Å². The van der Waals surface area contributed by atoms with Crippen LogP contribution in [0.2, 0.25) is 0 Å². The van der Waals surface area contributed by atoms with Crippen molar-refractivity contribution in [1.82, 2.24) is 9.13 Å². The van der Waals surface area contributed by atoms with Gasteiger partial charge in [0.1, 0.15) is 11.5 Å². The molecular formula is C34H24N2O2. The van der Waals surface area contributed by atoms with Gasteiger partial charge in [0, 0.05) is 40.4 Å². The molecule has 0 saturated carbocycles. The SMILES string of the molecule is C1=Cc2c(oc3c2c2c4c(oc2n3-c2ccc3c(c2)c2ccccc2n3-c2ccccc2)CCC=C4)CC1. The largest absolute Gasteiger partial charge is 0.443 e. The molecule has 0 radical (unpaired) electrons. The molecule has 0 spiro atoms. The third-order valence-corrected chi connectivity index (χ3v) is 8.24. The molecule has 2 aliphatic carbocycles. The molecular weight excluding hydrogens is 468 g/mol. The number of fused-ring (bicyclic) bond motifs is 10. The van der Waals surface area contributed by atoms with Crippen LogP contribution in [-0.2, 0) is 12.8 Å². The van der Waals surface area contributed by atoms with Gasteiger partial charge in [-0.1, -0.05) is 60.7 Å². The molecule has 0 aliphatic heterocycles. The number of nitrogens with zero attached hydrogens (tertiary/aromatic N) is 2. The molecule has 4 heteroatoms. The molecule has 38 heavy (non-hydrogen) atoms. The van der Waals surface area contributed by atoms with Gasteiger partial charge < -0.3 is 13.4 Å². The Morgan fingerprint density at radius 1 is 0.553 bits per heavy atom. The van der Waals surface area contributed by atoms with Crippen LogP contribution in [0.3, 0.4) is 0 Å². The summed E-state index contributed by atoms with van der Waals surface area (Å²) in [5, 5.41) is 4.80. The van der Waals surface area contributed by atoms with Crippen molar-refractivity contribution in [3.05, 3.63) is 108 Å². The molecule has 0 bridgehead atoms. The van der Waals surface area contributed by atoms with Crippen LogP contribution in [0.15, 0.2) is 93.8 Å². The lowest BCUT2D eigenvalue weighted by atomic mass is 9.99. The van der Waals surface area contributed by atoms with Crippen LogP contribution >= 0.6 is 0 Å². The van der Waals surface area contributed by atoms with E-state index in [0.29, 0.717) is 0 Å². The number of aromatic nitrogens is 2. The minimum Gasteiger partial charge on any atom is -0.443 e. The van der Waals surface area contributed by atoms with Crippen LogP contribution in [0.25, 0.3) is 67.5 Å². The summed E-state index contributed by atoms with van der Waals surface area (Å²) in [5.41, 5.74) is 8.77. The van der Waals surface area contributed by atoms with E-state index in [4.69, 9.17) is 8.83 Å². The molecule has 2 aliphatic rings. The molecule has 0 saturated heterocycles. The summed E-state index contributed by atoms with van der Waals surface area (Å²) in [5.74, 6) is 2.15. The van der Waals surface area contributed by atoms with E-state index in [9.17, 15) is 0 Å². The summed E-state index contributed by atoms with van der Waals surface area (Å²) in [6.45, 7) is 0. The number of hydrogen-bond acceptors (Lipinski definition) is 2. The Morgan fingerprint density at radius 2 is 1.18 bits per heavy atom. The molecule has 182 valence electrons. The molecule has 3 aromatic carbocycles. The lowest BCUT2D eigenvalue weighted by molar-refractivity contribution is 0.511. The first kappa shape index (κ1) is 20.4. The first-order valence-corrected chi connectivity index (χ1v) is 13.4. The lowest BCUT2D eigenvalue weighted by Crippen LogP contribution is -1.95. The average molecular weight is 493 g/mol. The van der Waals surface area contributed by atoms with E-state index in [1.54, 1.807) is 0 Å². The van der Waals surface area contributed by atoms with Gasteiger partial charge in [0.15, 0.2) is 0 Å². The summed E-state index contributed by atoms with van der Waals surface area (Å²) < 4.78 is 17.8. The Kier molecular flexibility index (Phi) is 3.98. The summed E-state index contributed by atoms with van der Waals surface area (Å²) in [4.78, 5) is 0. The Hall–Kier alpha value is -4.70. The van der Waals surface area contributed by atoms with Crippen LogP contribution < -0.4 is 0 Å². The molecule has 4 aromatic heterocycles. The van der Waals surface area contributed by atoms with Gasteiger partial charge in [-0.25, -0.2) is 4.57 Å². The standard InChI is InChI=1S/C34H24N2O2/c1-2-10-21(11-3-1)35-27-15-7-4-12-23(27)26-20-22(18-19-28(26)35)36-33-31(24-13-5-8-16-29(24)37-33)32-25-14-6-9-17-30(25)38-34(32)36/h1-7,10-15,18-20H,8-9,16-17H2. The zero-order chi connectivity index (χ0) is 24.8. The molecule has 0 N–H and O–H groups in total. The normalized spacial score (nSPS) is 14.7. The van der Waals surface area contributed by atoms with Gasteiger partial charge in [-0.15, -0.1) is 0 Å². The number of hydrogen-bond donors (Lipinski definition) is 0. The van der Waals surface area contributed by atoms with Gasteiger partial charge in [-0.05, 0) is 49.2 Å². The highest BCUT2D eigenvalue weighted by atomic mass is 16.4.